The summed E-state index contributed by atoms with van der Waals surface area (Å²) in [6, 6.07) is 21.0. The summed E-state index contributed by atoms with van der Waals surface area (Å²) in [7, 11) is 0. The summed E-state index contributed by atoms with van der Waals surface area (Å²) in [5, 5.41) is 3.49. The standard InChI is InChI=1S/C25H32N2O/c28-24(25(16-8-3-9-17-25)22-14-6-2-7-15-22)26-23(20-27-18-10-11-19-27)21-12-4-1-5-13-21/h1-2,4-7,12-15,23H,3,8-11,16-20H2,(H,26,28)/t23-/m1/s1. The molecule has 2 fully saturated rings. The first-order valence-corrected chi connectivity index (χ1v) is 10.9. The number of hydrogen-bond acceptors (Lipinski definition) is 2. The van der Waals surface area contributed by atoms with Crippen LogP contribution in [0.15, 0.2) is 60.7 Å². The lowest BCUT2D eigenvalue weighted by molar-refractivity contribution is -0.129. The Morgan fingerprint density at radius 1 is 0.857 bits per heavy atom. The molecule has 0 bridgehead atoms. The van der Waals surface area contributed by atoms with Crippen LogP contribution in [-0.2, 0) is 10.2 Å². The summed E-state index contributed by atoms with van der Waals surface area (Å²) < 4.78 is 0. The van der Waals surface area contributed by atoms with E-state index in [4.69, 9.17) is 0 Å². The first kappa shape index (κ1) is 19.2. The van der Waals surface area contributed by atoms with Gasteiger partial charge in [0.25, 0.3) is 0 Å². The second kappa shape index (κ2) is 8.91. The van der Waals surface area contributed by atoms with E-state index in [-0.39, 0.29) is 17.4 Å². The normalized spacial score (nSPS) is 20.6. The minimum Gasteiger partial charge on any atom is -0.347 e. The summed E-state index contributed by atoms with van der Waals surface area (Å²) in [4.78, 5) is 16.2. The lowest BCUT2D eigenvalue weighted by Crippen LogP contribution is -2.48. The molecule has 1 aliphatic carbocycles. The summed E-state index contributed by atoms with van der Waals surface area (Å²) in [5.41, 5.74) is 2.01. The molecule has 0 radical (unpaired) electrons. The maximum Gasteiger partial charge on any atom is 0.231 e. The Morgan fingerprint density at radius 3 is 2.11 bits per heavy atom. The smallest absolute Gasteiger partial charge is 0.231 e. The van der Waals surface area contributed by atoms with Crippen molar-refractivity contribution in [3.63, 3.8) is 0 Å². The molecule has 148 valence electrons. The molecule has 1 atom stereocenters. The molecular weight excluding hydrogens is 344 g/mol. The molecule has 1 saturated heterocycles. The van der Waals surface area contributed by atoms with Crippen molar-refractivity contribution >= 4 is 5.91 Å². The molecule has 0 aromatic heterocycles. The van der Waals surface area contributed by atoms with Crippen LogP contribution in [-0.4, -0.2) is 30.4 Å². The molecule has 1 aliphatic heterocycles. The van der Waals surface area contributed by atoms with E-state index in [1.54, 1.807) is 0 Å². The van der Waals surface area contributed by atoms with E-state index in [9.17, 15) is 4.79 Å². The SMILES string of the molecule is O=C(N[C@H](CN1CCCC1)c1ccccc1)C1(c2ccccc2)CCCCC1. The van der Waals surface area contributed by atoms with Gasteiger partial charge in [0.2, 0.25) is 5.91 Å². The van der Waals surface area contributed by atoms with Crippen LogP contribution in [0.4, 0.5) is 0 Å². The molecular formula is C25H32N2O. The Bertz CT molecular complexity index is 747. The molecule has 4 rings (SSSR count). The molecule has 0 spiro atoms. The molecule has 1 N–H and O–H groups in total. The molecule has 3 nitrogen and oxygen atoms in total. The highest BCUT2D eigenvalue weighted by Crippen LogP contribution is 2.40. The van der Waals surface area contributed by atoms with Crippen molar-refractivity contribution in [3.05, 3.63) is 71.8 Å². The molecule has 2 aliphatic rings. The topological polar surface area (TPSA) is 32.3 Å². The van der Waals surface area contributed by atoms with E-state index in [1.165, 1.54) is 30.4 Å². The third-order valence-corrected chi connectivity index (χ3v) is 6.61. The minimum atomic E-state index is -0.377. The van der Waals surface area contributed by atoms with Gasteiger partial charge in [0.05, 0.1) is 11.5 Å². The summed E-state index contributed by atoms with van der Waals surface area (Å²) >= 11 is 0. The van der Waals surface area contributed by atoms with Crippen LogP contribution < -0.4 is 5.32 Å². The van der Waals surface area contributed by atoms with E-state index < -0.39 is 0 Å². The van der Waals surface area contributed by atoms with Crippen LogP contribution in [0.5, 0.6) is 0 Å². The zero-order valence-electron chi connectivity index (χ0n) is 16.8. The van der Waals surface area contributed by atoms with Gasteiger partial charge in [-0.3, -0.25) is 4.79 Å². The highest BCUT2D eigenvalue weighted by atomic mass is 16.2. The Kier molecular flexibility index (Phi) is 6.11. The van der Waals surface area contributed by atoms with Crippen molar-refractivity contribution in [2.75, 3.05) is 19.6 Å². The fourth-order valence-electron chi connectivity index (χ4n) is 5.00. The lowest BCUT2D eigenvalue weighted by Gasteiger charge is -2.38. The average molecular weight is 377 g/mol. The number of hydrogen-bond donors (Lipinski definition) is 1. The predicted octanol–water partition coefficient (Wildman–Crippen LogP) is 4.84. The van der Waals surface area contributed by atoms with E-state index in [2.05, 4.69) is 58.7 Å². The van der Waals surface area contributed by atoms with Crippen molar-refractivity contribution in [1.82, 2.24) is 10.2 Å². The van der Waals surface area contributed by atoms with Gasteiger partial charge in [-0.15, -0.1) is 0 Å². The number of rotatable bonds is 6. The fraction of sp³-hybridized carbons (Fsp3) is 0.480. The van der Waals surface area contributed by atoms with Gasteiger partial charge in [-0.05, 0) is 49.9 Å². The lowest BCUT2D eigenvalue weighted by atomic mass is 9.68. The maximum atomic E-state index is 13.7. The van der Waals surface area contributed by atoms with E-state index in [1.807, 2.05) is 12.1 Å². The number of benzene rings is 2. The zero-order chi connectivity index (χ0) is 19.2. The predicted molar refractivity (Wildman–Crippen MR) is 114 cm³/mol. The second-order valence-corrected chi connectivity index (χ2v) is 8.45. The van der Waals surface area contributed by atoms with Crippen LogP contribution in [0, 0.1) is 0 Å². The van der Waals surface area contributed by atoms with Gasteiger partial charge >= 0.3 is 0 Å². The van der Waals surface area contributed by atoms with Gasteiger partial charge < -0.3 is 10.2 Å². The second-order valence-electron chi connectivity index (χ2n) is 8.45. The monoisotopic (exact) mass is 376 g/mol. The Balaban J connectivity index is 1.59. The highest BCUT2D eigenvalue weighted by molar-refractivity contribution is 5.88. The van der Waals surface area contributed by atoms with Crippen LogP contribution >= 0.6 is 0 Å². The molecule has 28 heavy (non-hydrogen) atoms. The third kappa shape index (κ3) is 4.15. The van der Waals surface area contributed by atoms with Crippen molar-refractivity contribution in [2.45, 2.75) is 56.4 Å². The number of likely N-dealkylation sites (tertiary alicyclic amines) is 1. The van der Waals surface area contributed by atoms with Crippen molar-refractivity contribution in [3.8, 4) is 0 Å². The maximum absolute atomic E-state index is 13.7. The van der Waals surface area contributed by atoms with Crippen molar-refractivity contribution in [1.29, 1.82) is 0 Å². The molecule has 2 aromatic rings. The number of amides is 1. The molecule has 1 heterocycles. The van der Waals surface area contributed by atoms with Crippen LogP contribution in [0.3, 0.4) is 0 Å². The Hall–Kier alpha value is -2.13. The van der Waals surface area contributed by atoms with E-state index in [0.29, 0.717) is 0 Å². The fourth-order valence-corrected chi connectivity index (χ4v) is 5.00. The van der Waals surface area contributed by atoms with E-state index >= 15 is 0 Å². The Morgan fingerprint density at radius 2 is 1.46 bits per heavy atom. The van der Waals surface area contributed by atoms with Crippen LogP contribution in [0.2, 0.25) is 0 Å². The number of nitrogens with one attached hydrogen (secondary N) is 1. The van der Waals surface area contributed by atoms with Gasteiger partial charge in [-0.25, -0.2) is 0 Å². The highest BCUT2D eigenvalue weighted by Gasteiger charge is 2.41. The van der Waals surface area contributed by atoms with E-state index in [0.717, 1.165) is 45.3 Å². The quantitative estimate of drug-likeness (QED) is 0.782. The summed E-state index contributed by atoms with van der Waals surface area (Å²) in [6.07, 6.45) is 7.93. The van der Waals surface area contributed by atoms with Gasteiger partial charge in [-0.2, -0.15) is 0 Å². The molecule has 1 amide bonds. The molecule has 2 aromatic carbocycles. The van der Waals surface area contributed by atoms with Crippen LogP contribution in [0.25, 0.3) is 0 Å². The summed E-state index contributed by atoms with van der Waals surface area (Å²) in [5.74, 6) is 0.214. The third-order valence-electron chi connectivity index (χ3n) is 6.61. The van der Waals surface area contributed by atoms with Gasteiger partial charge in [0.1, 0.15) is 0 Å². The average Bonchev–Trinajstić information content (AvgIpc) is 3.28. The van der Waals surface area contributed by atoms with Gasteiger partial charge in [0, 0.05) is 6.54 Å². The van der Waals surface area contributed by atoms with Gasteiger partial charge in [-0.1, -0.05) is 79.9 Å². The zero-order valence-corrected chi connectivity index (χ0v) is 16.8. The van der Waals surface area contributed by atoms with Crippen molar-refractivity contribution in [2.24, 2.45) is 0 Å². The number of nitrogens with zero attached hydrogens (tertiary/aromatic N) is 1. The molecule has 0 unspecified atom stereocenters. The number of carbonyl (C=O) groups excluding carboxylic acids is 1. The van der Waals surface area contributed by atoms with Crippen molar-refractivity contribution < 1.29 is 4.79 Å². The Labute approximate surface area is 169 Å². The number of carbonyl (C=O) groups is 1. The minimum absolute atomic E-state index is 0.0503. The molecule has 3 heteroatoms. The first-order valence-electron chi connectivity index (χ1n) is 10.9. The van der Waals surface area contributed by atoms with Gasteiger partial charge in [0.15, 0.2) is 0 Å². The first-order chi connectivity index (χ1) is 13.8. The largest absolute Gasteiger partial charge is 0.347 e. The molecule has 1 saturated carbocycles. The van der Waals surface area contributed by atoms with Crippen LogP contribution in [0.1, 0.15) is 62.1 Å². The summed E-state index contributed by atoms with van der Waals surface area (Å²) in [6.45, 7) is 3.19.